The molecule has 5 nitrogen and oxygen atoms in total. The predicted octanol–water partition coefficient (Wildman–Crippen LogP) is 6.75. The number of hydrogen-bond donors (Lipinski definition) is 3. The molecule has 202 valence electrons. The molecule has 0 bridgehead atoms. The van der Waals surface area contributed by atoms with E-state index >= 15 is 0 Å². The molecule has 0 fully saturated rings. The summed E-state index contributed by atoms with van der Waals surface area (Å²) in [5.74, 6) is 0.159. The van der Waals surface area contributed by atoms with E-state index in [4.69, 9.17) is 25.8 Å². The Labute approximate surface area is 224 Å². The lowest BCUT2D eigenvalue weighted by Crippen LogP contribution is -2.20. The van der Waals surface area contributed by atoms with Gasteiger partial charge in [-0.15, -0.1) is 24.2 Å². The summed E-state index contributed by atoms with van der Waals surface area (Å²) in [5.41, 5.74) is 1.86. The Kier molecular flexibility index (Phi) is 23.5. The number of thiol groups is 1. The van der Waals surface area contributed by atoms with Crippen LogP contribution in [0.2, 0.25) is 0 Å². The van der Waals surface area contributed by atoms with E-state index in [-0.39, 0.29) is 17.9 Å². The molecule has 0 aromatic carbocycles. The van der Waals surface area contributed by atoms with Crippen LogP contribution < -0.4 is 0 Å². The Morgan fingerprint density at radius 2 is 1.69 bits per heavy atom. The predicted molar refractivity (Wildman–Crippen MR) is 153 cm³/mol. The number of hydrogen-bond acceptors (Lipinski definition) is 6. The van der Waals surface area contributed by atoms with Crippen LogP contribution in [0.4, 0.5) is 0 Å². The summed E-state index contributed by atoms with van der Waals surface area (Å²) in [5, 5.41) is 18.6. The number of allylic oxidation sites excluding steroid dienone is 9. The monoisotopic (exact) mass is 530 g/mol. The van der Waals surface area contributed by atoms with Crippen LogP contribution in [0.5, 0.6) is 0 Å². The minimum absolute atomic E-state index is 0.159. The van der Waals surface area contributed by atoms with Crippen molar-refractivity contribution in [2.45, 2.75) is 66.6 Å². The zero-order valence-electron chi connectivity index (χ0n) is 22.4. The fourth-order valence-corrected chi connectivity index (χ4v) is 2.67. The lowest BCUT2D eigenvalue weighted by Gasteiger charge is -2.27. The molecule has 2 unspecified atom stereocenters. The Morgan fingerprint density at radius 3 is 2.23 bits per heavy atom. The molecule has 0 radical (unpaired) electrons. The van der Waals surface area contributed by atoms with Crippen molar-refractivity contribution in [2.24, 2.45) is 5.41 Å². The molecule has 7 heteroatoms. The zero-order chi connectivity index (χ0) is 27.1. The van der Waals surface area contributed by atoms with Crippen molar-refractivity contribution in [1.29, 1.82) is 0 Å². The van der Waals surface area contributed by atoms with E-state index in [2.05, 4.69) is 40.0 Å². The molecule has 0 aliphatic rings. The Hall–Kier alpha value is -1.44. The van der Waals surface area contributed by atoms with Gasteiger partial charge in [-0.3, -0.25) is 0 Å². The number of alkyl halides is 1. The van der Waals surface area contributed by atoms with Crippen LogP contribution in [0.25, 0.3) is 0 Å². The number of unbranched alkanes of at least 4 members (excludes halogenated alkanes) is 1. The van der Waals surface area contributed by atoms with Crippen molar-refractivity contribution in [3.05, 3.63) is 71.6 Å². The molecular formula is C28H47ClO5S. The fourth-order valence-electron chi connectivity index (χ4n) is 2.44. The lowest BCUT2D eigenvalue weighted by atomic mass is 9.77. The topological polar surface area (TPSA) is 68.2 Å². The van der Waals surface area contributed by atoms with Crippen LogP contribution in [-0.4, -0.2) is 54.7 Å². The molecular weight excluding hydrogens is 484 g/mol. The Morgan fingerprint density at radius 1 is 1.06 bits per heavy atom. The fraction of sp³-hybridized carbons (Fsp3) is 0.571. The van der Waals surface area contributed by atoms with Crippen molar-refractivity contribution in [3.63, 3.8) is 0 Å². The molecule has 0 amide bonds. The highest BCUT2D eigenvalue weighted by molar-refractivity contribution is 7.84. The number of aliphatic hydroxyl groups is 2. The van der Waals surface area contributed by atoms with Gasteiger partial charge in [0, 0.05) is 12.0 Å². The summed E-state index contributed by atoms with van der Waals surface area (Å²) in [6.45, 7) is 17.8. The van der Waals surface area contributed by atoms with Gasteiger partial charge in [-0.1, -0.05) is 58.1 Å². The van der Waals surface area contributed by atoms with Crippen LogP contribution in [0, 0.1) is 5.41 Å². The van der Waals surface area contributed by atoms with Crippen molar-refractivity contribution < 1.29 is 24.4 Å². The van der Waals surface area contributed by atoms with E-state index in [0.717, 1.165) is 35.5 Å². The second kappa shape index (κ2) is 23.0. The van der Waals surface area contributed by atoms with Gasteiger partial charge in [0.25, 0.3) is 0 Å². The quantitative estimate of drug-likeness (QED) is 0.0638. The lowest BCUT2D eigenvalue weighted by molar-refractivity contribution is 0.00170. The van der Waals surface area contributed by atoms with Gasteiger partial charge in [0.15, 0.2) is 0 Å². The SMILES string of the molecule is C/C=C/OCC(O)COCCCC.C=C(/C=C\C)C(C)(C)C(/C=C(\C)S)=C/C=C/OCC(O)CCl. The maximum absolute atomic E-state index is 9.30. The number of halogens is 1. The third-order valence-electron chi connectivity index (χ3n) is 4.65. The Bertz CT molecular complexity index is 691. The molecule has 2 N–H and O–H groups in total. The molecule has 0 saturated heterocycles. The third kappa shape index (κ3) is 20.5. The first-order valence-electron chi connectivity index (χ1n) is 12.0. The first kappa shape index (κ1) is 35.7. The molecule has 0 rings (SSSR count). The van der Waals surface area contributed by atoms with E-state index in [9.17, 15) is 10.2 Å². The van der Waals surface area contributed by atoms with E-state index < -0.39 is 12.2 Å². The Balaban J connectivity index is 0. The van der Waals surface area contributed by atoms with Crippen LogP contribution in [0.15, 0.2) is 71.6 Å². The molecule has 0 aromatic rings. The summed E-state index contributed by atoms with van der Waals surface area (Å²) >= 11 is 9.86. The van der Waals surface area contributed by atoms with E-state index in [1.807, 2.05) is 45.1 Å². The summed E-state index contributed by atoms with van der Waals surface area (Å²) in [6.07, 6.45) is 15.6. The van der Waals surface area contributed by atoms with Gasteiger partial charge < -0.3 is 24.4 Å². The molecule has 0 spiro atoms. The van der Waals surface area contributed by atoms with Crippen molar-refractivity contribution in [1.82, 2.24) is 0 Å². The van der Waals surface area contributed by atoms with Gasteiger partial charge in [-0.2, -0.15) is 0 Å². The minimum atomic E-state index is -0.653. The van der Waals surface area contributed by atoms with Gasteiger partial charge >= 0.3 is 0 Å². The first-order chi connectivity index (χ1) is 16.6. The second-order valence-electron chi connectivity index (χ2n) is 8.41. The molecule has 2 atom stereocenters. The molecule has 35 heavy (non-hydrogen) atoms. The highest BCUT2D eigenvalue weighted by Gasteiger charge is 2.23. The molecule has 0 aliphatic carbocycles. The maximum Gasteiger partial charge on any atom is 0.115 e. The number of ether oxygens (including phenoxy) is 3. The van der Waals surface area contributed by atoms with E-state index in [1.54, 1.807) is 24.7 Å². The standard InChI is InChI=1S/C18H27ClO2S.C10H20O3/c1-6-8-14(2)18(4,5)16(11-15(3)22)9-7-10-21-13-17(20)12-19;1-3-5-7-13-9-10(11)8-12-6-4-2/h6-11,17,20,22H,2,12-13H2,1,3-5H3;4,6,10-11H,3,5,7-9H2,1-2H3/b8-6-,10-7+,15-11+,16-9+;6-4+. The largest absolute Gasteiger partial charge is 0.499 e. The number of aliphatic hydroxyl groups excluding tert-OH is 2. The van der Waals surface area contributed by atoms with Crippen LogP contribution in [0.3, 0.4) is 0 Å². The molecule has 0 aromatic heterocycles. The van der Waals surface area contributed by atoms with Crippen LogP contribution >= 0.6 is 24.2 Å². The van der Waals surface area contributed by atoms with Crippen LogP contribution in [0.1, 0.15) is 54.4 Å². The molecule has 0 heterocycles. The molecule has 0 aliphatic heterocycles. The van der Waals surface area contributed by atoms with Gasteiger partial charge in [0.2, 0.25) is 0 Å². The first-order valence-corrected chi connectivity index (χ1v) is 13.0. The van der Waals surface area contributed by atoms with Crippen molar-refractivity contribution in [2.75, 3.05) is 32.3 Å². The molecule has 0 saturated carbocycles. The van der Waals surface area contributed by atoms with Crippen molar-refractivity contribution >= 4 is 24.2 Å². The smallest absolute Gasteiger partial charge is 0.115 e. The summed E-state index contributed by atoms with van der Waals surface area (Å²) in [4.78, 5) is 0.916. The van der Waals surface area contributed by atoms with Gasteiger partial charge in [-0.05, 0) is 55.4 Å². The minimum Gasteiger partial charge on any atom is -0.499 e. The highest BCUT2D eigenvalue weighted by Crippen LogP contribution is 2.36. The van der Waals surface area contributed by atoms with Gasteiger partial charge in [0.05, 0.1) is 25.0 Å². The normalized spacial score (nSPS) is 14.8. The zero-order valence-corrected chi connectivity index (χ0v) is 24.0. The highest BCUT2D eigenvalue weighted by atomic mass is 35.5. The maximum atomic E-state index is 9.30. The van der Waals surface area contributed by atoms with Crippen LogP contribution in [-0.2, 0) is 14.2 Å². The van der Waals surface area contributed by atoms with Crippen molar-refractivity contribution in [3.8, 4) is 0 Å². The van der Waals surface area contributed by atoms with Gasteiger partial charge in [-0.25, -0.2) is 0 Å². The van der Waals surface area contributed by atoms with Gasteiger partial charge in [0.1, 0.15) is 25.4 Å². The summed E-state index contributed by atoms with van der Waals surface area (Å²) < 4.78 is 15.4. The third-order valence-corrected chi connectivity index (χ3v) is 5.13. The average Bonchev–Trinajstić information content (AvgIpc) is 2.81. The average molecular weight is 531 g/mol. The van der Waals surface area contributed by atoms with E-state index in [1.165, 1.54) is 0 Å². The van der Waals surface area contributed by atoms with E-state index in [0.29, 0.717) is 13.2 Å². The summed E-state index contributed by atoms with van der Waals surface area (Å²) in [7, 11) is 0. The second-order valence-corrected chi connectivity index (χ2v) is 9.43. The number of rotatable bonds is 17. The summed E-state index contributed by atoms with van der Waals surface area (Å²) in [6, 6.07) is 0.